The minimum absolute atomic E-state index is 0.398. The van der Waals surface area contributed by atoms with Gasteiger partial charge in [0.2, 0.25) is 6.10 Å². The third-order valence-corrected chi connectivity index (χ3v) is 4.09. The zero-order valence-corrected chi connectivity index (χ0v) is 14.7. The lowest BCUT2D eigenvalue weighted by molar-refractivity contribution is -0.149. The first-order valence-electron chi connectivity index (χ1n) is 8.48. The highest BCUT2D eigenvalue weighted by molar-refractivity contribution is 5.82. The Balaban J connectivity index is 1.99. The number of aryl methyl sites for hydroxylation is 1. The van der Waals surface area contributed by atoms with Crippen molar-refractivity contribution in [2.75, 3.05) is 7.11 Å². The number of carbonyl (C=O) groups is 1. The summed E-state index contributed by atoms with van der Waals surface area (Å²) in [7, 11) is 1.32. The normalized spacial score (nSPS) is 11.9. The van der Waals surface area contributed by atoms with Gasteiger partial charge in [0.25, 0.3) is 0 Å². The molecule has 3 aromatic rings. The monoisotopic (exact) mass is 352 g/mol. The van der Waals surface area contributed by atoms with Crippen LogP contribution in [0.4, 0.5) is 0 Å². The SMILES string of the molecule is CCCc1cc(=O)oc2cc(O[C@H](C(=O)OC)c3ccccc3)ccc12. The first kappa shape index (κ1) is 17.7. The predicted molar refractivity (Wildman–Crippen MR) is 98.3 cm³/mol. The van der Waals surface area contributed by atoms with E-state index in [9.17, 15) is 9.59 Å². The molecule has 0 unspecified atom stereocenters. The first-order valence-corrected chi connectivity index (χ1v) is 8.48. The van der Waals surface area contributed by atoms with Gasteiger partial charge in [-0.1, -0.05) is 43.7 Å². The molecule has 0 fully saturated rings. The van der Waals surface area contributed by atoms with E-state index in [0.29, 0.717) is 16.9 Å². The minimum atomic E-state index is -0.899. The summed E-state index contributed by atoms with van der Waals surface area (Å²) >= 11 is 0. The van der Waals surface area contributed by atoms with Gasteiger partial charge in [0, 0.05) is 23.1 Å². The number of hydrogen-bond acceptors (Lipinski definition) is 5. The second-order valence-electron chi connectivity index (χ2n) is 5.93. The van der Waals surface area contributed by atoms with E-state index < -0.39 is 17.7 Å². The van der Waals surface area contributed by atoms with E-state index in [-0.39, 0.29) is 0 Å². The Bertz CT molecular complexity index is 959. The standard InChI is InChI=1S/C21H20O5/c1-3-7-15-12-19(22)26-18-13-16(10-11-17(15)18)25-20(21(23)24-2)14-8-5-4-6-9-14/h4-6,8-13,20H,3,7H2,1-2H3/t20-/m0/s1. The third kappa shape index (κ3) is 3.77. The second-order valence-corrected chi connectivity index (χ2v) is 5.93. The van der Waals surface area contributed by atoms with Crippen LogP contribution in [-0.2, 0) is 16.0 Å². The van der Waals surface area contributed by atoms with Gasteiger partial charge in [-0.2, -0.15) is 0 Å². The van der Waals surface area contributed by atoms with Crippen LogP contribution in [-0.4, -0.2) is 13.1 Å². The van der Waals surface area contributed by atoms with E-state index in [4.69, 9.17) is 13.9 Å². The quantitative estimate of drug-likeness (QED) is 0.495. The lowest BCUT2D eigenvalue weighted by Gasteiger charge is -2.17. The molecule has 1 heterocycles. The van der Waals surface area contributed by atoms with Crippen LogP contribution in [0.5, 0.6) is 5.75 Å². The van der Waals surface area contributed by atoms with E-state index in [2.05, 4.69) is 6.92 Å². The number of esters is 1. The van der Waals surface area contributed by atoms with Gasteiger partial charge in [0.1, 0.15) is 11.3 Å². The van der Waals surface area contributed by atoms with Crippen LogP contribution in [0, 0.1) is 0 Å². The van der Waals surface area contributed by atoms with Crippen molar-refractivity contribution >= 4 is 16.9 Å². The fourth-order valence-electron chi connectivity index (χ4n) is 2.88. The Kier molecular flexibility index (Phi) is 5.37. The van der Waals surface area contributed by atoms with Crippen LogP contribution in [0.3, 0.4) is 0 Å². The molecular formula is C21H20O5. The van der Waals surface area contributed by atoms with Crippen molar-refractivity contribution in [1.29, 1.82) is 0 Å². The number of benzene rings is 2. The van der Waals surface area contributed by atoms with Gasteiger partial charge in [0.15, 0.2) is 0 Å². The molecule has 1 aromatic heterocycles. The Morgan fingerprint density at radius 2 is 1.88 bits per heavy atom. The van der Waals surface area contributed by atoms with E-state index in [0.717, 1.165) is 23.8 Å². The molecule has 0 N–H and O–H groups in total. The van der Waals surface area contributed by atoms with Crippen molar-refractivity contribution < 1.29 is 18.7 Å². The molecule has 26 heavy (non-hydrogen) atoms. The van der Waals surface area contributed by atoms with Crippen LogP contribution >= 0.6 is 0 Å². The lowest BCUT2D eigenvalue weighted by atomic mass is 10.1. The van der Waals surface area contributed by atoms with E-state index in [1.165, 1.54) is 13.2 Å². The number of carbonyl (C=O) groups excluding carboxylic acids is 1. The molecule has 0 aliphatic heterocycles. The van der Waals surface area contributed by atoms with Gasteiger partial charge < -0.3 is 13.9 Å². The molecule has 0 aliphatic carbocycles. The topological polar surface area (TPSA) is 65.7 Å². The maximum absolute atomic E-state index is 12.2. The highest BCUT2D eigenvalue weighted by atomic mass is 16.6. The molecule has 134 valence electrons. The molecule has 0 amide bonds. The van der Waals surface area contributed by atoms with E-state index in [1.54, 1.807) is 24.3 Å². The first-order chi connectivity index (χ1) is 12.6. The molecule has 2 aromatic carbocycles. The van der Waals surface area contributed by atoms with Crippen molar-refractivity contribution in [2.24, 2.45) is 0 Å². The number of fused-ring (bicyclic) bond motifs is 1. The third-order valence-electron chi connectivity index (χ3n) is 4.09. The van der Waals surface area contributed by atoms with Gasteiger partial charge in [-0.25, -0.2) is 9.59 Å². The van der Waals surface area contributed by atoms with Crippen molar-refractivity contribution in [3.05, 3.63) is 76.1 Å². The van der Waals surface area contributed by atoms with Crippen molar-refractivity contribution in [2.45, 2.75) is 25.9 Å². The van der Waals surface area contributed by atoms with Crippen LogP contribution < -0.4 is 10.4 Å². The predicted octanol–water partition coefficient (Wildman–Crippen LogP) is 4.04. The number of methoxy groups -OCH3 is 1. The molecule has 3 rings (SSSR count). The summed E-state index contributed by atoms with van der Waals surface area (Å²) in [4.78, 5) is 24.0. The zero-order chi connectivity index (χ0) is 18.5. The molecular weight excluding hydrogens is 332 g/mol. The Morgan fingerprint density at radius 3 is 2.58 bits per heavy atom. The van der Waals surface area contributed by atoms with Gasteiger partial charge in [-0.3, -0.25) is 0 Å². The minimum Gasteiger partial charge on any atom is -0.474 e. The number of rotatable bonds is 6. The Morgan fingerprint density at radius 1 is 1.12 bits per heavy atom. The van der Waals surface area contributed by atoms with Gasteiger partial charge >= 0.3 is 11.6 Å². The van der Waals surface area contributed by atoms with Crippen LogP contribution in [0.25, 0.3) is 11.0 Å². The highest BCUT2D eigenvalue weighted by Gasteiger charge is 2.23. The van der Waals surface area contributed by atoms with Crippen LogP contribution in [0.1, 0.15) is 30.6 Å². The van der Waals surface area contributed by atoms with E-state index >= 15 is 0 Å². The summed E-state index contributed by atoms with van der Waals surface area (Å²) in [5.74, 6) is -0.0777. The zero-order valence-electron chi connectivity index (χ0n) is 14.7. The summed E-state index contributed by atoms with van der Waals surface area (Å²) in [6.45, 7) is 2.05. The summed E-state index contributed by atoms with van der Waals surface area (Å²) < 4.78 is 16.0. The van der Waals surface area contributed by atoms with Crippen LogP contribution in [0.15, 0.2) is 63.8 Å². The maximum Gasteiger partial charge on any atom is 0.351 e. The fraction of sp³-hybridized carbons (Fsp3) is 0.238. The fourth-order valence-corrected chi connectivity index (χ4v) is 2.88. The average Bonchev–Trinajstić information content (AvgIpc) is 2.66. The molecule has 0 saturated heterocycles. The van der Waals surface area contributed by atoms with E-state index in [1.807, 2.05) is 24.3 Å². The van der Waals surface area contributed by atoms with Crippen molar-refractivity contribution in [1.82, 2.24) is 0 Å². The lowest BCUT2D eigenvalue weighted by Crippen LogP contribution is -2.20. The number of ether oxygens (including phenoxy) is 2. The van der Waals surface area contributed by atoms with Gasteiger partial charge in [0.05, 0.1) is 7.11 Å². The summed E-state index contributed by atoms with van der Waals surface area (Å²) in [6.07, 6.45) is 0.816. The molecule has 0 spiro atoms. The largest absolute Gasteiger partial charge is 0.474 e. The van der Waals surface area contributed by atoms with Gasteiger partial charge in [-0.15, -0.1) is 0 Å². The average molecular weight is 352 g/mol. The summed E-state index contributed by atoms with van der Waals surface area (Å²) in [6, 6.07) is 15.9. The molecule has 0 aliphatic rings. The Labute approximate surface area is 151 Å². The molecule has 0 saturated carbocycles. The van der Waals surface area contributed by atoms with Gasteiger partial charge in [-0.05, 0) is 24.1 Å². The van der Waals surface area contributed by atoms with Crippen molar-refractivity contribution in [3.8, 4) is 5.75 Å². The maximum atomic E-state index is 12.2. The highest BCUT2D eigenvalue weighted by Crippen LogP contribution is 2.28. The van der Waals surface area contributed by atoms with Crippen molar-refractivity contribution in [3.63, 3.8) is 0 Å². The molecule has 5 nitrogen and oxygen atoms in total. The van der Waals surface area contributed by atoms with Crippen LogP contribution in [0.2, 0.25) is 0 Å². The molecule has 1 atom stereocenters. The summed E-state index contributed by atoms with van der Waals surface area (Å²) in [5, 5.41) is 0.869. The molecule has 0 bridgehead atoms. The Hall–Kier alpha value is -3.08. The smallest absolute Gasteiger partial charge is 0.351 e. The second kappa shape index (κ2) is 7.87. The molecule has 5 heteroatoms. The summed E-state index contributed by atoms with van der Waals surface area (Å²) in [5.41, 5.74) is 1.67. The number of hydrogen-bond donors (Lipinski definition) is 0. The molecule has 0 radical (unpaired) electrons.